The Labute approximate surface area is 174 Å². The van der Waals surface area contributed by atoms with Crippen molar-refractivity contribution in [1.29, 1.82) is 0 Å². The van der Waals surface area contributed by atoms with Crippen molar-refractivity contribution in [3.8, 4) is 0 Å². The molecule has 3 rings (SSSR count). The molecular weight excluding hydrogens is 405 g/mol. The van der Waals surface area contributed by atoms with Crippen molar-refractivity contribution in [3.05, 3.63) is 28.2 Å². The average molecular weight is 430 g/mol. The van der Waals surface area contributed by atoms with Gasteiger partial charge in [0.1, 0.15) is 0 Å². The fourth-order valence-corrected chi connectivity index (χ4v) is 5.61. The van der Waals surface area contributed by atoms with Crippen LogP contribution in [0, 0.1) is 5.92 Å². The van der Waals surface area contributed by atoms with Crippen LogP contribution in [0.3, 0.4) is 0 Å². The lowest BCUT2D eigenvalue weighted by Gasteiger charge is -2.44. The van der Waals surface area contributed by atoms with Crippen LogP contribution >= 0.6 is 35.0 Å². The molecule has 2 heterocycles. The van der Waals surface area contributed by atoms with E-state index >= 15 is 0 Å². The van der Waals surface area contributed by atoms with Crippen molar-refractivity contribution < 1.29 is 9.59 Å². The standard InChI is InChI=1S/C19H25Cl2N3O2S/c1-13(2)11-17(25)24-9-10-27-19(24)5-7-23(8-6-19)18(26)22-16-4-3-14(20)12-15(16)21/h3-4,12-13H,5-11H2,1-2H3,(H,22,26). The summed E-state index contributed by atoms with van der Waals surface area (Å²) < 4.78 is 0. The summed E-state index contributed by atoms with van der Waals surface area (Å²) >= 11 is 13.9. The molecule has 1 N–H and O–H groups in total. The fraction of sp³-hybridized carbons (Fsp3) is 0.579. The van der Waals surface area contributed by atoms with Crippen LogP contribution in [0.25, 0.3) is 0 Å². The quantitative estimate of drug-likeness (QED) is 0.739. The van der Waals surface area contributed by atoms with Gasteiger partial charge in [0.2, 0.25) is 5.91 Å². The minimum absolute atomic E-state index is 0.152. The lowest BCUT2D eigenvalue weighted by atomic mass is 10.0. The number of carbonyl (C=O) groups is 2. The number of urea groups is 1. The fourth-order valence-electron chi connectivity index (χ4n) is 3.68. The number of hydrogen-bond acceptors (Lipinski definition) is 3. The number of halogens is 2. The van der Waals surface area contributed by atoms with Gasteiger partial charge in [-0.05, 0) is 37.0 Å². The Morgan fingerprint density at radius 2 is 1.93 bits per heavy atom. The predicted octanol–water partition coefficient (Wildman–Crippen LogP) is 4.94. The molecule has 148 valence electrons. The Kier molecular flexibility index (Phi) is 6.49. The molecule has 0 aromatic heterocycles. The molecule has 2 saturated heterocycles. The summed E-state index contributed by atoms with van der Waals surface area (Å²) in [7, 11) is 0. The van der Waals surface area contributed by atoms with E-state index in [2.05, 4.69) is 24.1 Å². The van der Waals surface area contributed by atoms with Crippen molar-refractivity contribution >= 4 is 52.6 Å². The molecule has 2 aliphatic rings. The van der Waals surface area contributed by atoms with Gasteiger partial charge in [-0.2, -0.15) is 0 Å². The van der Waals surface area contributed by atoms with E-state index in [1.165, 1.54) is 0 Å². The van der Waals surface area contributed by atoms with Crippen molar-refractivity contribution in [3.63, 3.8) is 0 Å². The third kappa shape index (κ3) is 4.66. The van der Waals surface area contributed by atoms with Gasteiger partial charge >= 0.3 is 6.03 Å². The summed E-state index contributed by atoms with van der Waals surface area (Å²) in [5.41, 5.74) is 0.551. The van der Waals surface area contributed by atoms with Gasteiger partial charge in [-0.25, -0.2) is 4.79 Å². The average Bonchev–Trinajstić information content (AvgIpc) is 3.00. The highest BCUT2D eigenvalue weighted by molar-refractivity contribution is 8.00. The van der Waals surface area contributed by atoms with Crippen LogP contribution < -0.4 is 5.32 Å². The maximum absolute atomic E-state index is 12.6. The largest absolute Gasteiger partial charge is 0.327 e. The summed E-state index contributed by atoms with van der Waals surface area (Å²) in [4.78, 5) is 28.9. The number of rotatable bonds is 3. The molecule has 2 aliphatic heterocycles. The van der Waals surface area contributed by atoms with Gasteiger partial charge < -0.3 is 15.1 Å². The lowest BCUT2D eigenvalue weighted by molar-refractivity contribution is -0.135. The van der Waals surface area contributed by atoms with Gasteiger partial charge in [0, 0.05) is 36.8 Å². The Morgan fingerprint density at radius 3 is 2.56 bits per heavy atom. The number of amides is 3. The van der Waals surface area contributed by atoms with E-state index in [9.17, 15) is 9.59 Å². The van der Waals surface area contributed by atoms with Crippen molar-refractivity contribution in [2.75, 3.05) is 30.7 Å². The number of nitrogens with one attached hydrogen (secondary N) is 1. The second-order valence-electron chi connectivity index (χ2n) is 7.48. The Morgan fingerprint density at radius 1 is 1.22 bits per heavy atom. The van der Waals surface area contributed by atoms with Crippen molar-refractivity contribution in [2.45, 2.75) is 38.0 Å². The first-order valence-corrected chi connectivity index (χ1v) is 11.0. The third-order valence-electron chi connectivity index (χ3n) is 5.07. The second kappa shape index (κ2) is 8.50. The number of nitrogens with zero attached hydrogens (tertiary/aromatic N) is 2. The molecule has 2 fully saturated rings. The number of benzene rings is 1. The number of piperidine rings is 1. The molecule has 3 amide bonds. The van der Waals surface area contributed by atoms with E-state index in [1.807, 2.05) is 11.8 Å². The summed E-state index contributed by atoms with van der Waals surface area (Å²) in [5, 5.41) is 3.80. The number of likely N-dealkylation sites (tertiary alicyclic amines) is 1. The molecule has 0 atom stereocenters. The van der Waals surface area contributed by atoms with E-state index in [0.717, 1.165) is 25.1 Å². The van der Waals surface area contributed by atoms with Crippen LogP contribution in [0.15, 0.2) is 18.2 Å². The minimum Gasteiger partial charge on any atom is -0.327 e. The molecule has 0 aliphatic carbocycles. The monoisotopic (exact) mass is 429 g/mol. The third-order valence-corrected chi connectivity index (χ3v) is 7.17. The van der Waals surface area contributed by atoms with Gasteiger partial charge in [0.15, 0.2) is 0 Å². The molecule has 1 aromatic rings. The molecule has 0 saturated carbocycles. The molecule has 0 bridgehead atoms. The Balaban J connectivity index is 1.60. The zero-order chi connectivity index (χ0) is 19.6. The summed E-state index contributed by atoms with van der Waals surface area (Å²) in [5.74, 6) is 1.56. The van der Waals surface area contributed by atoms with E-state index in [0.29, 0.717) is 41.2 Å². The van der Waals surface area contributed by atoms with Gasteiger partial charge in [-0.3, -0.25) is 4.79 Å². The summed E-state index contributed by atoms with van der Waals surface area (Å²) in [6.45, 7) is 6.19. The maximum Gasteiger partial charge on any atom is 0.321 e. The van der Waals surface area contributed by atoms with Crippen LogP contribution in [0.5, 0.6) is 0 Å². The number of anilines is 1. The molecule has 5 nitrogen and oxygen atoms in total. The van der Waals surface area contributed by atoms with Crippen molar-refractivity contribution in [1.82, 2.24) is 9.80 Å². The number of thioether (sulfide) groups is 1. The van der Waals surface area contributed by atoms with Gasteiger partial charge in [-0.15, -0.1) is 11.8 Å². The molecule has 27 heavy (non-hydrogen) atoms. The molecule has 1 spiro atoms. The first-order chi connectivity index (χ1) is 12.8. The highest BCUT2D eigenvalue weighted by atomic mass is 35.5. The smallest absolute Gasteiger partial charge is 0.321 e. The van der Waals surface area contributed by atoms with Crippen LogP contribution in [-0.2, 0) is 4.79 Å². The predicted molar refractivity (Wildman–Crippen MR) is 113 cm³/mol. The molecule has 1 aromatic carbocycles. The summed E-state index contributed by atoms with van der Waals surface area (Å²) in [6, 6.07) is 4.84. The second-order valence-corrected chi connectivity index (χ2v) is 9.78. The van der Waals surface area contributed by atoms with Crippen LogP contribution in [0.1, 0.15) is 33.1 Å². The SMILES string of the molecule is CC(C)CC(=O)N1CCSC12CCN(C(=O)Nc1ccc(Cl)cc1Cl)CC2. The van der Waals surface area contributed by atoms with E-state index in [1.54, 1.807) is 23.1 Å². The number of hydrogen-bond donors (Lipinski definition) is 1. The molecule has 0 unspecified atom stereocenters. The van der Waals surface area contributed by atoms with Crippen LogP contribution in [0.4, 0.5) is 10.5 Å². The zero-order valence-electron chi connectivity index (χ0n) is 15.6. The van der Waals surface area contributed by atoms with Crippen LogP contribution in [-0.4, -0.2) is 52.0 Å². The Hall–Kier alpha value is -1.11. The lowest BCUT2D eigenvalue weighted by Crippen LogP contribution is -2.54. The highest BCUT2D eigenvalue weighted by Crippen LogP contribution is 2.44. The number of carbonyl (C=O) groups excluding carboxylic acids is 2. The van der Waals surface area contributed by atoms with Gasteiger partial charge in [-0.1, -0.05) is 37.0 Å². The molecule has 0 radical (unpaired) electrons. The van der Waals surface area contributed by atoms with Crippen LogP contribution in [0.2, 0.25) is 10.0 Å². The minimum atomic E-state index is -0.169. The summed E-state index contributed by atoms with van der Waals surface area (Å²) in [6.07, 6.45) is 2.17. The van der Waals surface area contributed by atoms with E-state index < -0.39 is 0 Å². The van der Waals surface area contributed by atoms with Crippen molar-refractivity contribution in [2.24, 2.45) is 5.92 Å². The Bertz CT molecular complexity index is 721. The van der Waals surface area contributed by atoms with E-state index in [4.69, 9.17) is 23.2 Å². The molecule has 8 heteroatoms. The first-order valence-electron chi connectivity index (χ1n) is 9.26. The normalized spacial score (nSPS) is 19.0. The highest BCUT2D eigenvalue weighted by Gasteiger charge is 2.46. The van der Waals surface area contributed by atoms with E-state index in [-0.39, 0.29) is 16.8 Å². The van der Waals surface area contributed by atoms with Gasteiger partial charge in [0.25, 0.3) is 0 Å². The molecular formula is C19H25Cl2N3O2S. The zero-order valence-corrected chi connectivity index (χ0v) is 18.0. The first kappa shape index (κ1) is 20.6. The maximum atomic E-state index is 12.6. The van der Waals surface area contributed by atoms with Gasteiger partial charge in [0.05, 0.1) is 15.6 Å². The topological polar surface area (TPSA) is 52.7 Å².